The Morgan fingerprint density at radius 3 is 2.83 bits per heavy atom. The zero-order chi connectivity index (χ0) is 16.1. The van der Waals surface area contributed by atoms with E-state index in [1.807, 2.05) is 30.5 Å². The van der Waals surface area contributed by atoms with Crippen molar-refractivity contribution in [1.29, 1.82) is 0 Å². The number of rotatable bonds is 4. The van der Waals surface area contributed by atoms with E-state index in [0.717, 1.165) is 18.4 Å². The predicted octanol–water partition coefficient (Wildman–Crippen LogP) is 4.04. The number of halogens is 1. The number of carbonyl (C=O) groups excluding carboxylic acids is 1. The smallest absolute Gasteiger partial charge is 0.319 e. The molecule has 1 saturated carbocycles. The molecule has 2 aromatic rings. The predicted molar refractivity (Wildman–Crippen MR) is 91.8 cm³/mol. The van der Waals surface area contributed by atoms with Gasteiger partial charge in [-0.3, -0.25) is 4.68 Å². The van der Waals surface area contributed by atoms with Gasteiger partial charge in [0.1, 0.15) is 0 Å². The number of nitrogens with zero attached hydrogens (tertiary/aromatic N) is 2. The first-order chi connectivity index (χ1) is 11.2. The van der Waals surface area contributed by atoms with E-state index >= 15 is 0 Å². The fourth-order valence-corrected chi connectivity index (χ4v) is 3.11. The zero-order valence-electron chi connectivity index (χ0n) is 13.0. The van der Waals surface area contributed by atoms with E-state index < -0.39 is 0 Å². The summed E-state index contributed by atoms with van der Waals surface area (Å²) in [6.07, 6.45) is 9.26. The molecule has 122 valence electrons. The Morgan fingerprint density at radius 1 is 1.26 bits per heavy atom. The van der Waals surface area contributed by atoms with Crippen LogP contribution in [0.3, 0.4) is 0 Å². The van der Waals surface area contributed by atoms with Crippen molar-refractivity contribution in [3.8, 4) is 0 Å². The van der Waals surface area contributed by atoms with Crippen molar-refractivity contribution in [3.63, 3.8) is 0 Å². The lowest BCUT2D eigenvalue weighted by Crippen LogP contribution is -2.38. The van der Waals surface area contributed by atoms with Gasteiger partial charge in [0.2, 0.25) is 0 Å². The van der Waals surface area contributed by atoms with Crippen molar-refractivity contribution in [2.45, 2.75) is 44.7 Å². The van der Waals surface area contributed by atoms with Gasteiger partial charge in [-0.1, -0.05) is 49.1 Å². The van der Waals surface area contributed by atoms with E-state index in [9.17, 15) is 4.79 Å². The maximum atomic E-state index is 12.0. The number of urea groups is 1. The van der Waals surface area contributed by atoms with Crippen LogP contribution in [-0.4, -0.2) is 21.9 Å². The van der Waals surface area contributed by atoms with Gasteiger partial charge in [0.15, 0.2) is 0 Å². The molecule has 0 spiro atoms. The third kappa shape index (κ3) is 4.48. The van der Waals surface area contributed by atoms with Gasteiger partial charge in [-0.2, -0.15) is 5.10 Å². The van der Waals surface area contributed by atoms with Gasteiger partial charge in [0, 0.05) is 17.3 Å². The molecule has 1 aliphatic carbocycles. The van der Waals surface area contributed by atoms with Crippen LogP contribution in [0.15, 0.2) is 36.7 Å². The van der Waals surface area contributed by atoms with Gasteiger partial charge in [0.25, 0.3) is 0 Å². The molecule has 0 aliphatic heterocycles. The summed E-state index contributed by atoms with van der Waals surface area (Å²) in [4.78, 5) is 12.0. The minimum Gasteiger partial charge on any atom is -0.335 e. The van der Waals surface area contributed by atoms with E-state index in [4.69, 9.17) is 11.6 Å². The van der Waals surface area contributed by atoms with Crippen molar-refractivity contribution in [2.75, 3.05) is 5.32 Å². The van der Waals surface area contributed by atoms with Crippen LogP contribution < -0.4 is 10.6 Å². The normalized spacial score (nSPS) is 15.3. The Kier molecular flexibility index (Phi) is 5.18. The second kappa shape index (κ2) is 7.51. The molecule has 0 radical (unpaired) electrons. The molecule has 0 atom stereocenters. The quantitative estimate of drug-likeness (QED) is 0.887. The third-order valence-electron chi connectivity index (χ3n) is 4.12. The molecule has 0 saturated heterocycles. The largest absolute Gasteiger partial charge is 0.335 e. The molecule has 0 bridgehead atoms. The second-order valence-electron chi connectivity index (χ2n) is 5.95. The maximum absolute atomic E-state index is 12.0. The van der Waals surface area contributed by atoms with E-state index in [0.29, 0.717) is 23.3 Å². The molecule has 6 heteroatoms. The lowest BCUT2D eigenvalue weighted by molar-refractivity contribution is 0.244. The molecule has 1 aliphatic rings. The summed E-state index contributed by atoms with van der Waals surface area (Å²) in [7, 11) is 0. The number of anilines is 1. The van der Waals surface area contributed by atoms with Crippen LogP contribution in [0, 0.1) is 0 Å². The summed E-state index contributed by atoms with van der Waals surface area (Å²) in [5.74, 6) is 0. The number of benzene rings is 1. The number of hydrogen-bond donors (Lipinski definition) is 2. The fourth-order valence-electron chi connectivity index (χ4n) is 2.92. The van der Waals surface area contributed by atoms with Crippen molar-refractivity contribution in [1.82, 2.24) is 15.1 Å². The first-order valence-corrected chi connectivity index (χ1v) is 8.42. The van der Waals surface area contributed by atoms with Crippen LogP contribution in [0.1, 0.15) is 37.7 Å². The van der Waals surface area contributed by atoms with Gasteiger partial charge < -0.3 is 10.6 Å². The molecule has 5 nitrogen and oxygen atoms in total. The molecule has 3 rings (SSSR count). The Balaban J connectivity index is 1.54. The number of aromatic nitrogens is 2. The summed E-state index contributed by atoms with van der Waals surface area (Å²) < 4.78 is 1.76. The van der Waals surface area contributed by atoms with Crippen molar-refractivity contribution >= 4 is 23.3 Å². The molecular formula is C17H21ClN4O. The Hall–Kier alpha value is -2.01. The van der Waals surface area contributed by atoms with Crippen LogP contribution in [0.4, 0.5) is 10.5 Å². The zero-order valence-corrected chi connectivity index (χ0v) is 13.7. The molecular weight excluding hydrogens is 312 g/mol. The minimum atomic E-state index is -0.158. The molecule has 1 fully saturated rings. The highest BCUT2D eigenvalue weighted by atomic mass is 35.5. The van der Waals surface area contributed by atoms with E-state index in [-0.39, 0.29) is 6.03 Å². The monoisotopic (exact) mass is 332 g/mol. The highest BCUT2D eigenvalue weighted by molar-refractivity contribution is 6.31. The Morgan fingerprint density at radius 2 is 2.04 bits per heavy atom. The fraction of sp³-hybridized carbons (Fsp3) is 0.412. The van der Waals surface area contributed by atoms with Crippen LogP contribution in [0.2, 0.25) is 5.02 Å². The molecule has 1 aromatic heterocycles. The number of nitrogens with one attached hydrogen (secondary N) is 2. The first kappa shape index (κ1) is 15.9. The maximum Gasteiger partial charge on any atom is 0.319 e. The lowest BCUT2D eigenvalue weighted by Gasteiger charge is -2.22. The summed E-state index contributed by atoms with van der Waals surface area (Å²) in [5.41, 5.74) is 1.68. The van der Waals surface area contributed by atoms with Gasteiger partial charge in [0.05, 0.1) is 18.4 Å². The van der Waals surface area contributed by atoms with Crippen LogP contribution in [0.5, 0.6) is 0 Å². The van der Waals surface area contributed by atoms with Gasteiger partial charge in [-0.25, -0.2) is 4.79 Å². The van der Waals surface area contributed by atoms with Gasteiger partial charge >= 0.3 is 6.03 Å². The summed E-state index contributed by atoms with van der Waals surface area (Å²) >= 11 is 6.15. The average molecular weight is 333 g/mol. The molecule has 0 unspecified atom stereocenters. The standard InChI is InChI=1S/C17H21ClN4O/c18-16-9-5-4-6-13(16)11-22-12-15(10-19-22)21-17(23)20-14-7-2-1-3-8-14/h4-6,9-10,12,14H,1-3,7-8,11H2,(H2,20,21,23). The van der Waals surface area contributed by atoms with Gasteiger partial charge in [-0.05, 0) is 24.5 Å². The van der Waals surface area contributed by atoms with E-state index in [1.165, 1.54) is 19.3 Å². The Bertz CT molecular complexity index is 664. The van der Waals surface area contributed by atoms with Crippen molar-refractivity contribution in [3.05, 3.63) is 47.2 Å². The number of carbonyl (C=O) groups is 1. The lowest BCUT2D eigenvalue weighted by atomic mass is 9.96. The van der Waals surface area contributed by atoms with Crippen molar-refractivity contribution < 1.29 is 4.79 Å². The summed E-state index contributed by atoms with van der Waals surface area (Å²) in [5, 5.41) is 10.9. The highest BCUT2D eigenvalue weighted by Gasteiger charge is 2.15. The summed E-state index contributed by atoms with van der Waals surface area (Å²) in [6.45, 7) is 0.575. The molecule has 23 heavy (non-hydrogen) atoms. The average Bonchev–Trinajstić information content (AvgIpc) is 2.97. The van der Waals surface area contributed by atoms with Crippen LogP contribution >= 0.6 is 11.6 Å². The van der Waals surface area contributed by atoms with Crippen LogP contribution in [-0.2, 0) is 6.54 Å². The third-order valence-corrected chi connectivity index (χ3v) is 4.49. The minimum absolute atomic E-state index is 0.158. The summed E-state index contributed by atoms with van der Waals surface area (Å²) in [6, 6.07) is 7.80. The second-order valence-corrected chi connectivity index (χ2v) is 6.36. The Labute approximate surface area is 141 Å². The molecule has 1 heterocycles. The SMILES string of the molecule is O=C(Nc1cnn(Cc2ccccc2Cl)c1)NC1CCCCC1. The van der Waals surface area contributed by atoms with Crippen molar-refractivity contribution in [2.24, 2.45) is 0 Å². The molecule has 2 N–H and O–H groups in total. The topological polar surface area (TPSA) is 59.0 Å². The molecule has 2 amide bonds. The van der Waals surface area contributed by atoms with E-state index in [1.54, 1.807) is 10.9 Å². The van der Waals surface area contributed by atoms with Crippen LogP contribution in [0.25, 0.3) is 0 Å². The highest BCUT2D eigenvalue weighted by Crippen LogP contribution is 2.18. The number of amides is 2. The first-order valence-electron chi connectivity index (χ1n) is 8.04. The molecule has 1 aromatic carbocycles. The number of hydrogen-bond acceptors (Lipinski definition) is 2. The van der Waals surface area contributed by atoms with Gasteiger partial charge in [-0.15, -0.1) is 0 Å². The van der Waals surface area contributed by atoms with E-state index in [2.05, 4.69) is 15.7 Å².